The third kappa shape index (κ3) is 3.25. The Labute approximate surface area is 111 Å². The maximum absolute atomic E-state index is 11.8. The van der Waals surface area contributed by atoms with Crippen molar-refractivity contribution in [3.05, 3.63) is 61.0 Å². The second-order valence-corrected chi connectivity index (χ2v) is 3.73. The van der Waals surface area contributed by atoms with E-state index in [1.165, 1.54) is 12.1 Å². The first-order valence-corrected chi connectivity index (χ1v) is 5.73. The van der Waals surface area contributed by atoms with Crippen LogP contribution in [-0.4, -0.2) is 17.7 Å². The van der Waals surface area contributed by atoms with E-state index in [9.17, 15) is 9.90 Å². The normalized spacial score (nSPS) is 9.95. The first-order valence-electron chi connectivity index (χ1n) is 5.73. The molecule has 0 aromatic heterocycles. The zero-order chi connectivity index (χ0) is 13.7. The molecule has 0 unspecified atom stereocenters. The lowest BCUT2D eigenvalue weighted by molar-refractivity contribution is 0.0729. The van der Waals surface area contributed by atoms with Gasteiger partial charge in [-0.2, -0.15) is 0 Å². The minimum Gasteiger partial charge on any atom is -0.504 e. The summed E-state index contributed by atoms with van der Waals surface area (Å²) in [5.74, 6) is -0.130. The fourth-order valence-corrected chi connectivity index (χ4v) is 1.52. The third-order valence-corrected chi connectivity index (χ3v) is 2.41. The molecule has 0 heterocycles. The van der Waals surface area contributed by atoms with Crippen LogP contribution in [-0.2, 0) is 0 Å². The van der Waals surface area contributed by atoms with E-state index in [0.717, 1.165) is 0 Å². The van der Waals surface area contributed by atoms with Crippen molar-refractivity contribution < 1.29 is 19.4 Å². The molecular weight excluding hydrogens is 244 g/mol. The predicted octanol–water partition coefficient (Wildman–Crippen LogP) is 2.82. The Morgan fingerprint density at radius 3 is 2.53 bits per heavy atom. The summed E-state index contributed by atoms with van der Waals surface area (Å²) < 4.78 is 10.2. The van der Waals surface area contributed by atoms with Crippen molar-refractivity contribution in [2.45, 2.75) is 0 Å². The molecule has 0 spiro atoms. The van der Waals surface area contributed by atoms with Crippen LogP contribution in [0.5, 0.6) is 17.2 Å². The molecule has 0 saturated carbocycles. The molecular formula is C15H13O4. The SMILES string of the molecule is [CH2]COc1ccc(OC(=O)c2ccccc2)c(O)c1. The highest BCUT2D eigenvalue weighted by Crippen LogP contribution is 2.30. The van der Waals surface area contributed by atoms with E-state index >= 15 is 0 Å². The van der Waals surface area contributed by atoms with Gasteiger partial charge in [-0.25, -0.2) is 4.79 Å². The fourth-order valence-electron chi connectivity index (χ4n) is 1.52. The minimum absolute atomic E-state index is 0.0882. The molecule has 0 aliphatic heterocycles. The van der Waals surface area contributed by atoms with E-state index in [1.54, 1.807) is 36.4 Å². The molecule has 0 saturated heterocycles. The van der Waals surface area contributed by atoms with Crippen molar-refractivity contribution in [2.24, 2.45) is 0 Å². The molecule has 2 aromatic rings. The highest BCUT2D eigenvalue weighted by molar-refractivity contribution is 5.91. The summed E-state index contributed by atoms with van der Waals surface area (Å²) in [6, 6.07) is 13.0. The Morgan fingerprint density at radius 2 is 1.89 bits per heavy atom. The van der Waals surface area contributed by atoms with Gasteiger partial charge < -0.3 is 14.6 Å². The first kappa shape index (κ1) is 13.0. The molecule has 0 aliphatic carbocycles. The molecule has 4 heteroatoms. The molecule has 0 bridgehead atoms. The molecule has 19 heavy (non-hydrogen) atoms. The van der Waals surface area contributed by atoms with Gasteiger partial charge in [-0.05, 0) is 31.2 Å². The molecule has 4 nitrogen and oxygen atoms in total. The van der Waals surface area contributed by atoms with E-state index in [1.807, 2.05) is 0 Å². The van der Waals surface area contributed by atoms with Gasteiger partial charge >= 0.3 is 5.97 Å². The summed E-state index contributed by atoms with van der Waals surface area (Å²) >= 11 is 0. The Hall–Kier alpha value is -2.49. The zero-order valence-corrected chi connectivity index (χ0v) is 10.2. The second-order valence-electron chi connectivity index (χ2n) is 3.73. The van der Waals surface area contributed by atoms with Crippen LogP contribution in [0, 0.1) is 6.92 Å². The molecule has 1 N–H and O–H groups in total. The van der Waals surface area contributed by atoms with Gasteiger partial charge in [0.1, 0.15) is 5.75 Å². The topological polar surface area (TPSA) is 55.8 Å². The maximum Gasteiger partial charge on any atom is 0.343 e. The van der Waals surface area contributed by atoms with Crippen LogP contribution in [0.25, 0.3) is 0 Å². The molecule has 1 radical (unpaired) electrons. The predicted molar refractivity (Wildman–Crippen MR) is 70.4 cm³/mol. The van der Waals surface area contributed by atoms with Gasteiger partial charge in [0.05, 0.1) is 12.2 Å². The van der Waals surface area contributed by atoms with Crippen molar-refractivity contribution in [1.29, 1.82) is 0 Å². The minimum atomic E-state index is -0.526. The van der Waals surface area contributed by atoms with Crippen LogP contribution in [0.4, 0.5) is 0 Å². The van der Waals surface area contributed by atoms with Crippen LogP contribution in [0.15, 0.2) is 48.5 Å². The molecule has 0 atom stereocenters. The molecule has 2 rings (SSSR count). The van der Waals surface area contributed by atoms with Crippen molar-refractivity contribution >= 4 is 5.97 Å². The van der Waals surface area contributed by atoms with E-state index in [2.05, 4.69) is 6.92 Å². The van der Waals surface area contributed by atoms with Crippen LogP contribution in [0.1, 0.15) is 10.4 Å². The lowest BCUT2D eigenvalue weighted by Crippen LogP contribution is -2.08. The second kappa shape index (κ2) is 5.91. The van der Waals surface area contributed by atoms with Gasteiger partial charge in [-0.3, -0.25) is 0 Å². The van der Waals surface area contributed by atoms with Gasteiger partial charge in [0.2, 0.25) is 0 Å². The number of carbonyl (C=O) groups is 1. The summed E-state index contributed by atoms with van der Waals surface area (Å²) in [5.41, 5.74) is 0.417. The molecule has 0 amide bonds. The summed E-state index contributed by atoms with van der Waals surface area (Å²) in [7, 11) is 0. The summed E-state index contributed by atoms with van der Waals surface area (Å²) in [6.45, 7) is 3.78. The third-order valence-electron chi connectivity index (χ3n) is 2.41. The van der Waals surface area contributed by atoms with Crippen LogP contribution in [0.2, 0.25) is 0 Å². The Morgan fingerprint density at radius 1 is 1.16 bits per heavy atom. The molecule has 0 aliphatic rings. The number of esters is 1. The summed E-state index contributed by atoms with van der Waals surface area (Å²) in [6.07, 6.45) is 0. The van der Waals surface area contributed by atoms with Gasteiger partial charge in [0.15, 0.2) is 11.5 Å². The van der Waals surface area contributed by atoms with Gasteiger partial charge in [0.25, 0.3) is 0 Å². The van der Waals surface area contributed by atoms with Crippen molar-refractivity contribution in [1.82, 2.24) is 0 Å². The van der Waals surface area contributed by atoms with Crippen molar-refractivity contribution in [2.75, 3.05) is 6.61 Å². The number of hydrogen-bond donors (Lipinski definition) is 1. The van der Waals surface area contributed by atoms with E-state index in [-0.39, 0.29) is 18.1 Å². The Bertz CT molecular complexity index is 564. The molecule has 97 valence electrons. The Balaban J connectivity index is 2.13. The number of phenols is 1. The number of hydrogen-bond acceptors (Lipinski definition) is 4. The van der Waals surface area contributed by atoms with Crippen LogP contribution < -0.4 is 9.47 Å². The largest absolute Gasteiger partial charge is 0.504 e. The fraction of sp³-hybridized carbons (Fsp3) is 0.0667. The Kier molecular flexibility index (Phi) is 4.03. The van der Waals surface area contributed by atoms with Gasteiger partial charge in [-0.15, -0.1) is 0 Å². The smallest absolute Gasteiger partial charge is 0.343 e. The lowest BCUT2D eigenvalue weighted by atomic mass is 10.2. The van der Waals surface area contributed by atoms with E-state index in [0.29, 0.717) is 11.3 Å². The van der Waals surface area contributed by atoms with Crippen LogP contribution in [0.3, 0.4) is 0 Å². The number of rotatable bonds is 4. The maximum atomic E-state index is 11.8. The number of aromatic hydroxyl groups is 1. The zero-order valence-electron chi connectivity index (χ0n) is 10.2. The number of ether oxygens (including phenoxy) is 2. The first-order chi connectivity index (χ1) is 9.20. The van der Waals surface area contributed by atoms with Gasteiger partial charge in [0, 0.05) is 6.07 Å². The average molecular weight is 257 g/mol. The number of benzene rings is 2. The number of phenolic OH excluding ortho intramolecular Hbond substituents is 1. The summed E-state index contributed by atoms with van der Waals surface area (Å²) in [4.78, 5) is 11.8. The average Bonchev–Trinajstić information content (AvgIpc) is 2.43. The summed E-state index contributed by atoms with van der Waals surface area (Å²) in [5, 5.41) is 9.74. The highest BCUT2D eigenvalue weighted by Gasteiger charge is 2.11. The monoisotopic (exact) mass is 257 g/mol. The molecule has 0 fully saturated rings. The van der Waals surface area contributed by atoms with Crippen molar-refractivity contribution in [3.8, 4) is 17.2 Å². The van der Waals surface area contributed by atoms with E-state index < -0.39 is 5.97 Å². The molecule has 2 aromatic carbocycles. The highest BCUT2D eigenvalue weighted by atomic mass is 16.5. The van der Waals surface area contributed by atoms with Gasteiger partial charge in [-0.1, -0.05) is 18.2 Å². The number of carbonyl (C=O) groups excluding carboxylic acids is 1. The lowest BCUT2D eigenvalue weighted by Gasteiger charge is -2.08. The van der Waals surface area contributed by atoms with E-state index in [4.69, 9.17) is 9.47 Å². The quantitative estimate of drug-likeness (QED) is 0.676. The standard InChI is InChI=1S/C15H13O4/c1-2-18-12-8-9-14(13(16)10-12)19-15(17)11-6-4-3-5-7-11/h3-10,16H,1-2H2. The van der Waals surface area contributed by atoms with Crippen molar-refractivity contribution in [3.63, 3.8) is 0 Å². The van der Waals surface area contributed by atoms with Crippen LogP contribution >= 0.6 is 0 Å².